The summed E-state index contributed by atoms with van der Waals surface area (Å²) in [6.45, 7) is 4.40. The van der Waals surface area contributed by atoms with Crippen LogP contribution in [0.1, 0.15) is 47.3 Å². The molecule has 6 nitrogen and oxygen atoms in total. The van der Waals surface area contributed by atoms with Gasteiger partial charge in [-0.1, -0.05) is 26.0 Å². The minimum absolute atomic E-state index is 0.176. The maximum atomic E-state index is 12.2. The molecule has 0 aliphatic carbocycles. The van der Waals surface area contributed by atoms with Crippen molar-refractivity contribution in [3.63, 3.8) is 0 Å². The van der Waals surface area contributed by atoms with Crippen LogP contribution in [0.2, 0.25) is 0 Å². The van der Waals surface area contributed by atoms with Crippen molar-refractivity contribution in [1.29, 1.82) is 5.26 Å². The molecule has 2 aromatic rings. The monoisotopic (exact) mass is 283 g/mol. The van der Waals surface area contributed by atoms with Crippen LogP contribution in [-0.4, -0.2) is 33.0 Å². The summed E-state index contributed by atoms with van der Waals surface area (Å²) in [6, 6.07) is 9.20. The second-order valence-electron chi connectivity index (χ2n) is 5.17. The number of hydrogen-bond acceptors (Lipinski definition) is 4. The number of aromatic amines is 1. The number of carbonyl (C=O) groups excluding carboxylic acids is 1. The summed E-state index contributed by atoms with van der Waals surface area (Å²) in [6.07, 6.45) is 0. The first-order valence-corrected chi connectivity index (χ1v) is 6.68. The Morgan fingerprint density at radius 2 is 2.05 bits per heavy atom. The number of benzene rings is 1. The first kappa shape index (κ1) is 14.7. The number of aromatic nitrogens is 3. The van der Waals surface area contributed by atoms with E-state index in [0.717, 1.165) is 5.56 Å². The van der Waals surface area contributed by atoms with E-state index in [2.05, 4.69) is 21.3 Å². The average Bonchev–Trinajstić information content (AvgIpc) is 2.97. The third-order valence-corrected chi connectivity index (χ3v) is 3.09. The zero-order chi connectivity index (χ0) is 15.4. The Hall–Kier alpha value is -2.68. The molecule has 1 N–H and O–H groups in total. The Labute approximate surface area is 123 Å². The number of H-pyrrole nitrogens is 1. The third kappa shape index (κ3) is 3.45. The van der Waals surface area contributed by atoms with Gasteiger partial charge in [-0.25, -0.2) is 4.98 Å². The molecule has 1 heterocycles. The van der Waals surface area contributed by atoms with Gasteiger partial charge in [-0.2, -0.15) is 5.26 Å². The van der Waals surface area contributed by atoms with Gasteiger partial charge in [0.1, 0.15) is 5.82 Å². The molecule has 2 rings (SSSR count). The molecule has 0 unspecified atom stereocenters. The quantitative estimate of drug-likeness (QED) is 0.930. The van der Waals surface area contributed by atoms with E-state index in [1.807, 2.05) is 26.0 Å². The summed E-state index contributed by atoms with van der Waals surface area (Å²) < 4.78 is 0. The molecule has 1 aromatic heterocycles. The fourth-order valence-corrected chi connectivity index (χ4v) is 1.83. The smallest absolute Gasteiger partial charge is 0.293 e. The number of nitriles is 1. The zero-order valence-corrected chi connectivity index (χ0v) is 12.3. The fraction of sp³-hybridized carbons (Fsp3) is 0.333. The van der Waals surface area contributed by atoms with E-state index in [4.69, 9.17) is 5.26 Å². The Morgan fingerprint density at radius 1 is 1.38 bits per heavy atom. The standard InChI is InChI=1S/C15H17N5O/c1-10(2)13-17-14(19-18-13)15(21)20(3)9-12-6-4-11(8-16)5-7-12/h4-7,10H,9H2,1-3H3,(H,17,18,19). The van der Waals surface area contributed by atoms with Crippen molar-refractivity contribution in [3.8, 4) is 6.07 Å². The summed E-state index contributed by atoms with van der Waals surface area (Å²) in [5, 5.41) is 15.5. The van der Waals surface area contributed by atoms with Crippen molar-refractivity contribution >= 4 is 5.91 Å². The van der Waals surface area contributed by atoms with Crippen LogP contribution in [0.25, 0.3) is 0 Å². The second kappa shape index (κ2) is 6.18. The number of hydrogen-bond donors (Lipinski definition) is 1. The highest BCUT2D eigenvalue weighted by Gasteiger charge is 2.18. The van der Waals surface area contributed by atoms with Gasteiger partial charge in [0.15, 0.2) is 0 Å². The topological polar surface area (TPSA) is 85.7 Å². The van der Waals surface area contributed by atoms with Crippen LogP contribution in [-0.2, 0) is 6.54 Å². The number of rotatable bonds is 4. The van der Waals surface area contributed by atoms with Crippen LogP contribution in [0.15, 0.2) is 24.3 Å². The molecule has 0 atom stereocenters. The van der Waals surface area contributed by atoms with Crippen molar-refractivity contribution in [2.24, 2.45) is 0 Å². The van der Waals surface area contributed by atoms with Gasteiger partial charge in [0.2, 0.25) is 5.82 Å². The summed E-state index contributed by atoms with van der Waals surface area (Å²) in [7, 11) is 1.70. The third-order valence-electron chi connectivity index (χ3n) is 3.09. The first-order chi connectivity index (χ1) is 10.0. The minimum Gasteiger partial charge on any atom is -0.335 e. The lowest BCUT2D eigenvalue weighted by molar-refractivity contribution is 0.0773. The Morgan fingerprint density at radius 3 is 2.57 bits per heavy atom. The van der Waals surface area contributed by atoms with Crippen LogP contribution >= 0.6 is 0 Å². The van der Waals surface area contributed by atoms with Crippen LogP contribution < -0.4 is 0 Å². The van der Waals surface area contributed by atoms with Gasteiger partial charge < -0.3 is 4.90 Å². The van der Waals surface area contributed by atoms with E-state index < -0.39 is 0 Å². The number of amides is 1. The molecule has 6 heteroatoms. The van der Waals surface area contributed by atoms with Gasteiger partial charge in [0, 0.05) is 19.5 Å². The molecule has 0 aliphatic rings. The zero-order valence-electron chi connectivity index (χ0n) is 12.3. The van der Waals surface area contributed by atoms with Crippen molar-refractivity contribution < 1.29 is 4.79 Å². The van der Waals surface area contributed by atoms with Crippen molar-refractivity contribution in [3.05, 3.63) is 47.0 Å². The molecule has 1 aromatic carbocycles. The second-order valence-corrected chi connectivity index (χ2v) is 5.17. The van der Waals surface area contributed by atoms with Gasteiger partial charge in [0.05, 0.1) is 11.6 Å². The van der Waals surface area contributed by atoms with E-state index >= 15 is 0 Å². The molecule has 108 valence electrons. The van der Waals surface area contributed by atoms with Crippen molar-refractivity contribution in [2.75, 3.05) is 7.05 Å². The highest BCUT2D eigenvalue weighted by Crippen LogP contribution is 2.10. The largest absolute Gasteiger partial charge is 0.335 e. The van der Waals surface area contributed by atoms with Crippen LogP contribution in [0.4, 0.5) is 0 Å². The number of nitrogens with one attached hydrogen (secondary N) is 1. The van der Waals surface area contributed by atoms with E-state index in [9.17, 15) is 4.79 Å². The predicted octanol–water partition coefficient (Wildman–Crippen LogP) is 2.07. The van der Waals surface area contributed by atoms with E-state index in [1.165, 1.54) is 0 Å². The summed E-state index contributed by atoms with van der Waals surface area (Å²) in [5.74, 6) is 0.838. The molecular weight excluding hydrogens is 266 g/mol. The van der Waals surface area contributed by atoms with E-state index in [0.29, 0.717) is 17.9 Å². The highest BCUT2D eigenvalue weighted by molar-refractivity contribution is 5.90. The molecule has 0 spiro atoms. The minimum atomic E-state index is -0.234. The Kier molecular flexibility index (Phi) is 4.33. The van der Waals surface area contributed by atoms with Gasteiger partial charge in [0.25, 0.3) is 5.91 Å². The molecule has 0 fully saturated rings. The predicted molar refractivity (Wildman–Crippen MR) is 77.4 cm³/mol. The molecule has 0 aliphatic heterocycles. The molecular formula is C15H17N5O. The Bertz CT molecular complexity index is 666. The number of nitrogens with zero attached hydrogens (tertiary/aromatic N) is 4. The number of carbonyl (C=O) groups is 1. The van der Waals surface area contributed by atoms with Crippen LogP contribution in [0, 0.1) is 11.3 Å². The van der Waals surface area contributed by atoms with E-state index in [-0.39, 0.29) is 17.6 Å². The van der Waals surface area contributed by atoms with Crippen LogP contribution in [0.5, 0.6) is 0 Å². The van der Waals surface area contributed by atoms with Gasteiger partial charge >= 0.3 is 0 Å². The van der Waals surface area contributed by atoms with Gasteiger partial charge in [-0.3, -0.25) is 9.89 Å². The van der Waals surface area contributed by atoms with Gasteiger partial charge in [-0.15, -0.1) is 5.10 Å². The van der Waals surface area contributed by atoms with Crippen molar-refractivity contribution in [2.45, 2.75) is 26.3 Å². The molecule has 21 heavy (non-hydrogen) atoms. The SMILES string of the molecule is CC(C)c1nc(C(=O)N(C)Cc2ccc(C#N)cc2)n[nH]1. The maximum Gasteiger partial charge on any atom is 0.293 e. The van der Waals surface area contributed by atoms with Crippen LogP contribution in [0.3, 0.4) is 0 Å². The molecule has 1 amide bonds. The molecule has 0 radical (unpaired) electrons. The highest BCUT2D eigenvalue weighted by atomic mass is 16.2. The average molecular weight is 283 g/mol. The fourth-order valence-electron chi connectivity index (χ4n) is 1.83. The lowest BCUT2D eigenvalue weighted by Gasteiger charge is -2.15. The first-order valence-electron chi connectivity index (χ1n) is 6.68. The summed E-state index contributed by atoms with van der Waals surface area (Å²) in [4.78, 5) is 18.0. The van der Waals surface area contributed by atoms with E-state index in [1.54, 1.807) is 24.1 Å². The van der Waals surface area contributed by atoms with Gasteiger partial charge in [-0.05, 0) is 17.7 Å². The normalized spacial score (nSPS) is 10.4. The lowest BCUT2D eigenvalue weighted by Crippen LogP contribution is -2.27. The summed E-state index contributed by atoms with van der Waals surface area (Å²) >= 11 is 0. The summed E-state index contributed by atoms with van der Waals surface area (Å²) in [5.41, 5.74) is 1.55. The lowest BCUT2D eigenvalue weighted by atomic mass is 10.1. The maximum absolute atomic E-state index is 12.2. The van der Waals surface area contributed by atoms with Crippen molar-refractivity contribution in [1.82, 2.24) is 20.1 Å². The Balaban J connectivity index is 2.06. The molecule has 0 saturated carbocycles. The molecule has 0 bridgehead atoms. The molecule has 0 saturated heterocycles.